The molecule has 1 saturated heterocycles. The molecule has 1 fully saturated rings. The minimum atomic E-state index is 0.268. The van der Waals surface area contributed by atoms with E-state index in [2.05, 4.69) is 19.9 Å². The van der Waals surface area contributed by atoms with Crippen molar-refractivity contribution >= 4 is 39.9 Å². The molecule has 0 bridgehead atoms. The van der Waals surface area contributed by atoms with Crippen LogP contribution < -0.4 is 9.80 Å². The molecule has 0 saturated carbocycles. The molecule has 3 aromatic heterocycles. The summed E-state index contributed by atoms with van der Waals surface area (Å²) in [6, 6.07) is 15.3. The van der Waals surface area contributed by atoms with Gasteiger partial charge in [-0.2, -0.15) is 15.1 Å². The van der Waals surface area contributed by atoms with Crippen LogP contribution in [0.5, 0.6) is 5.75 Å². The highest BCUT2D eigenvalue weighted by Gasteiger charge is 2.23. The van der Waals surface area contributed by atoms with Gasteiger partial charge in [0.2, 0.25) is 5.95 Å². The summed E-state index contributed by atoms with van der Waals surface area (Å²) in [4.78, 5) is 18.8. The van der Waals surface area contributed by atoms with E-state index in [1.54, 1.807) is 18.5 Å². The number of anilines is 2. The number of nitrogens with one attached hydrogen (secondary N) is 1. The first-order valence-corrected chi connectivity index (χ1v) is 11.1. The molecule has 0 unspecified atom stereocenters. The first-order chi connectivity index (χ1) is 16.7. The lowest BCUT2D eigenvalue weighted by atomic mass is 10.2. The number of nitrogens with zero attached hydrogens (tertiary/aromatic N) is 8. The highest BCUT2D eigenvalue weighted by Crippen LogP contribution is 2.26. The fourth-order valence-electron chi connectivity index (χ4n) is 4.41. The van der Waals surface area contributed by atoms with Crippen molar-refractivity contribution in [3.63, 3.8) is 0 Å². The summed E-state index contributed by atoms with van der Waals surface area (Å²) in [7, 11) is 0. The van der Waals surface area contributed by atoms with Crippen molar-refractivity contribution in [1.29, 1.82) is 5.41 Å². The molecule has 0 aliphatic carbocycles. The zero-order valence-electron chi connectivity index (χ0n) is 18.4. The molecule has 2 N–H and O–H groups in total. The number of aromatic hydroxyl groups is 1. The van der Waals surface area contributed by atoms with Gasteiger partial charge in [-0.3, -0.25) is 0 Å². The Kier molecular flexibility index (Phi) is 4.83. The van der Waals surface area contributed by atoms with Gasteiger partial charge >= 0.3 is 0 Å². The predicted molar refractivity (Wildman–Crippen MR) is 131 cm³/mol. The van der Waals surface area contributed by atoms with Gasteiger partial charge < -0.3 is 24.9 Å². The Morgan fingerprint density at radius 3 is 2.50 bits per heavy atom. The molecule has 6 rings (SSSR count). The zero-order chi connectivity index (χ0) is 23.1. The van der Waals surface area contributed by atoms with Gasteiger partial charge in [-0.15, -0.1) is 0 Å². The molecular weight excluding hydrogens is 430 g/mol. The first kappa shape index (κ1) is 20.2. The van der Waals surface area contributed by atoms with Crippen molar-refractivity contribution in [2.45, 2.75) is 6.54 Å². The molecule has 0 atom stereocenters. The van der Waals surface area contributed by atoms with E-state index in [1.807, 2.05) is 51.8 Å². The van der Waals surface area contributed by atoms with Crippen LogP contribution in [0.4, 0.5) is 11.6 Å². The van der Waals surface area contributed by atoms with Gasteiger partial charge in [-0.25, -0.2) is 9.67 Å². The van der Waals surface area contributed by atoms with Crippen LogP contribution in [0.3, 0.4) is 0 Å². The van der Waals surface area contributed by atoms with E-state index in [-0.39, 0.29) is 5.75 Å². The van der Waals surface area contributed by atoms with Crippen LogP contribution in [0.1, 0.15) is 0 Å². The van der Waals surface area contributed by atoms with E-state index in [1.165, 1.54) is 6.21 Å². The maximum Gasteiger partial charge on any atom is 0.229 e. The maximum absolute atomic E-state index is 9.57. The highest BCUT2D eigenvalue weighted by atomic mass is 16.3. The lowest BCUT2D eigenvalue weighted by molar-refractivity contribution is 0.475. The fourth-order valence-corrected chi connectivity index (χ4v) is 4.41. The Balaban J connectivity index is 1.39. The van der Waals surface area contributed by atoms with Crippen molar-refractivity contribution in [2.24, 2.45) is 0 Å². The summed E-state index contributed by atoms with van der Waals surface area (Å²) in [6.07, 6.45) is 4.86. The van der Waals surface area contributed by atoms with Crippen molar-refractivity contribution in [3.8, 4) is 11.6 Å². The lowest BCUT2D eigenvalue weighted by Gasteiger charge is -2.36. The summed E-state index contributed by atoms with van der Waals surface area (Å²) in [5.74, 6) is 1.52. The molecule has 4 heterocycles. The van der Waals surface area contributed by atoms with Crippen LogP contribution in [0.15, 0.2) is 61.1 Å². The second-order valence-electron chi connectivity index (χ2n) is 8.23. The topological polar surface area (TPSA) is 112 Å². The van der Waals surface area contributed by atoms with Crippen molar-refractivity contribution in [2.75, 3.05) is 36.0 Å². The highest BCUT2D eigenvalue weighted by molar-refractivity contribution is 5.86. The molecule has 0 spiro atoms. The second kappa shape index (κ2) is 8.14. The molecule has 0 amide bonds. The fraction of sp³-hybridized carbons (Fsp3) is 0.208. The minimum Gasteiger partial charge on any atom is -0.508 e. The average Bonchev–Trinajstić information content (AvgIpc) is 3.49. The van der Waals surface area contributed by atoms with Crippen LogP contribution in [-0.4, -0.2) is 66.8 Å². The van der Waals surface area contributed by atoms with Crippen molar-refractivity contribution in [1.82, 2.24) is 29.3 Å². The number of phenols is 1. The summed E-state index contributed by atoms with van der Waals surface area (Å²) in [6.45, 7) is 3.52. The van der Waals surface area contributed by atoms with Gasteiger partial charge in [-0.1, -0.05) is 18.2 Å². The number of aromatic nitrogens is 6. The molecule has 10 nitrogen and oxygen atoms in total. The number of phenolic OH excluding ortho intramolecular Hbond substituents is 1. The first-order valence-electron chi connectivity index (χ1n) is 11.1. The molecular formula is C24H23N9O. The number of piperazine rings is 1. The van der Waals surface area contributed by atoms with Crippen LogP contribution in [0, 0.1) is 5.41 Å². The van der Waals surface area contributed by atoms with Gasteiger partial charge in [0.05, 0.1) is 24.6 Å². The smallest absolute Gasteiger partial charge is 0.229 e. The van der Waals surface area contributed by atoms with E-state index < -0.39 is 0 Å². The summed E-state index contributed by atoms with van der Waals surface area (Å²) in [5.41, 5.74) is 3.38. The summed E-state index contributed by atoms with van der Waals surface area (Å²) >= 11 is 0. The second-order valence-corrected chi connectivity index (χ2v) is 8.23. The van der Waals surface area contributed by atoms with E-state index in [9.17, 15) is 5.11 Å². The van der Waals surface area contributed by atoms with Gasteiger partial charge in [0.25, 0.3) is 0 Å². The number of imidazole rings is 1. The van der Waals surface area contributed by atoms with Crippen molar-refractivity contribution in [3.05, 3.63) is 61.1 Å². The Labute approximate surface area is 195 Å². The van der Waals surface area contributed by atoms with E-state index in [0.717, 1.165) is 42.8 Å². The standard InChI is InChI=1S/C24H23N9O/c25-9-10-32-16-26-21-22(32)28-24(29-23(21)33-20-4-2-1-3-17(20)15-27-33)31-13-11-30(12-14-31)18-5-7-19(34)8-6-18/h1-9,15-16,25,34H,10-14H2. The van der Waals surface area contributed by atoms with Gasteiger partial charge in [0.1, 0.15) is 5.75 Å². The quantitative estimate of drug-likeness (QED) is 0.394. The Morgan fingerprint density at radius 2 is 1.71 bits per heavy atom. The number of benzene rings is 2. The zero-order valence-corrected chi connectivity index (χ0v) is 18.4. The lowest BCUT2D eigenvalue weighted by Crippen LogP contribution is -2.47. The molecule has 10 heteroatoms. The van der Waals surface area contributed by atoms with Crippen LogP contribution in [0.2, 0.25) is 0 Å². The molecule has 2 aromatic carbocycles. The molecule has 1 aliphatic heterocycles. The normalized spacial score (nSPS) is 14.2. The molecule has 5 aromatic rings. The SMILES string of the molecule is N=CCn1cnc2c(-n3ncc4ccccc43)nc(N3CCN(c4ccc(O)cc4)CC3)nc21. The number of rotatable bonds is 5. The third-order valence-corrected chi connectivity index (χ3v) is 6.18. The monoisotopic (exact) mass is 453 g/mol. The van der Waals surface area contributed by atoms with Crippen LogP contribution in [-0.2, 0) is 6.54 Å². The number of para-hydroxylation sites is 1. The predicted octanol–water partition coefficient (Wildman–Crippen LogP) is 2.85. The summed E-state index contributed by atoms with van der Waals surface area (Å²) < 4.78 is 3.67. The number of hydrogen-bond donors (Lipinski definition) is 2. The Morgan fingerprint density at radius 1 is 0.941 bits per heavy atom. The maximum atomic E-state index is 9.57. The molecule has 0 radical (unpaired) electrons. The third-order valence-electron chi connectivity index (χ3n) is 6.18. The number of fused-ring (bicyclic) bond motifs is 2. The molecule has 1 aliphatic rings. The van der Waals surface area contributed by atoms with Gasteiger partial charge in [0, 0.05) is 43.5 Å². The van der Waals surface area contributed by atoms with E-state index >= 15 is 0 Å². The molecule has 170 valence electrons. The van der Waals surface area contributed by atoms with Gasteiger partial charge in [-0.05, 0) is 30.3 Å². The largest absolute Gasteiger partial charge is 0.508 e. The third kappa shape index (κ3) is 3.40. The summed E-state index contributed by atoms with van der Waals surface area (Å²) in [5, 5.41) is 22.8. The average molecular weight is 454 g/mol. The van der Waals surface area contributed by atoms with E-state index in [0.29, 0.717) is 29.5 Å². The minimum absolute atomic E-state index is 0.268. The Hall–Kier alpha value is -4.47. The number of hydrogen-bond acceptors (Lipinski definition) is 8. The molecule has 34 heavy (non-hydrogen) atoms. The Bertz CT molecular complexity index is 1480. The van der Waals surface area contributed by atoms with Crippen molar-refractivity contribution < 1.29 is 5.11 Å². The van der Waals surface area contributed by atoms with E-state index in [4.69, 9.17) is 15.4 Å². The van der Waals surface area contributed by atoms with Crippen LogP contribution in [0.25, 0.3) is 27.9 Å². The van der Waals surface area contributed by atoms with Crippen LogP contribution >= 0.6 is 0 Å². The van der Waals surface area contributed by atoms with Gasteiger partial charge in [0.15, 0.2) is 17.0 Å².